The van der Waals surface area contributed by atoms with Crippen LogP contribution in [-0.2, 0) is 6.42 Å². The predicted molar refractivity (Wildman–Crippen MR) is 81.6 cm³/mol. The minimum atomic E-state index is -0.475. The van der Waals surface area contributed by atoms with Crippen LogP contribution in [0.5, 0.6) is 0 Å². The van der Waals surface area contributed by atoms with Crippen LogP contribution in [0, 0.1) is 5.82 Å². The third kappa shape index (κ3) is 2.54. The van der Waals surface area contributed by atoms with Crippen molar-refractivity contribution >= 4 is 34.2 Å². The largest absolute Gasteiger partial charge is 0.467 e. The lowest BCUT2D eigenvalue weighted by Crippen LogP contribution is -2.10. The van der Waals surface area contributed by atoms with E-state index in [1.165, 1.54) is 6.07 Å². The second kappa shape index (κ2) is 5.70. The number of aryl methyl sites for hydroxylation is 1. The van der Waals surface area contributed by atoms with Crippen LogP contribution in [0.2, 0.25) is 5.02 Å². The Morgan fingerprint density at radius 2 is 2.24 bits per heavy atom. The van der Waals surface area contributed by atoms with Gasteiger partial charge >= 0.3 is 0 Å². The van der Waals surface area contributed by atoms with E-state index >= 15 is 0 Å². The van der Waals surface area contributed by atoms with Crippen LogP contribution < -0.4 is 0 Å². The molecule has 21 heavy (non-hydrogen) atoms. The van der Waals surface area contributed by atoms with Crippen molar-refractivity contribution in [3.63, 3.8) is 0 Å². The van der Waals surface area contributed by atoms with Gasteiger partial charge in [0.25, 0.3) is 0 Å². The molecule has 0 N–H and O–H groups in total. The van der Waals surface area contributed by atoms with Gasteiger partial charge in [0.1, 0.15) is 17.4 Å². The maximum absolute atomic E-state index is 13.6. The van der Waals surface area contributed by atoms with E-state index in [4.69, 9.17) is 27.6 Å². The number of benzene rings is 1. The van der Waals surface area contributed by atoms with E-state index in [9.17, 15) is 4.39 Å². The molecule has 0 saturated heterocycles. The van der Waals surface area contributed by atoms with Gasteiger partial charge in [-0.25, -0.2) is 9.37 Å². The number of fused-ring (bicyclic) bond motifs is 1. The van der Waals surface area contributed by atoms with Crippen molar-refractivity contribution in [1.82, 2.24) is 9.55 Å². The smallest absolute Gasteiger partial charge is 0.144 e. The number of imidazole rings is 1. The summed E-state index contributed by atoms with van der Waals surface area (Å²) in [6, 6.07) is 6.59. The van der Waals surface area contributed by atoms with Crippen molar-refractivity contribution in [1.29, 1.82) is 0 Å². The van der Waals surface area contributed by atoms with Crippen molar-refractivity contribution in [3.8, 4) is 0 Å². The van der Waals surface area contributed by atoms with Crippen molar-refractivity contribution in [3.05, 3.63) is 53.0 Å². The van der Waals surface area contributed by atoms with Crippen molar-refractivity contribution in [2.75, 3.05) is 5.88 Å². The van der Waals surface area contributed by atoms with Gasteiger partial charge in [-0.1, -0.05) is 11.6 Å². The fraction of sp³-hybridized carbons (Fsp3) is 0.267. The van der Waals surface area contributed by atoms with E-state index in [0.29, 0.717) is 17.8 Å². The summed E-state index contributed by atoms with van der Waals surface area (Å²) >= 11 is 11.8. The average Bonchev–Trinajstić information content (AvgIpc) is 3.07. The molecule has 0 aliphatic heterocycles. The molecular weight excluding hydrogens is 314 g/mol. The second-order valence-corrected chi connectivity index (χ2v) is 5.57. The van der Waals surface area contributed by atoms with Crippen molar-refractivity contribution in [2.45, 2.75) is 19.4 Å². The van der Waals surface area contributed by atoms with Crippen LogP contribution in [0.3, 0.4) is 0 Å². The van der Waals surface area contributed by atoms with E-state index < -0.39 is 5.82 Å². The first kappa shape index (κ1) is 14.4. The van der Waals surface area contributed by atoms with Gasteiger partial charge in [-0.15, -0.1) is 11.6 Å². The Labute approximate surface area is 131 Å². The highest BCUT2D eigenvalue weighted by Crippen LogP contribution is 2.29. The fourth-order valence-corrected chi connectivity index (χ4v) is 2.82. The molecule has 0 saturated carbocycles. The highest BCUT2D eigenvalue weighted by atomic mass is 35.5. The van der Waals surface area contributed by atoms with Crippen LogP contribution in [0.1, 0.15) is 24.6 Å². The number of hydrogen-bond donors (Lipinski definition) is 0. The van der Waals surface area contributed by atoms with Crippen molar-refractivity contribution in [2.24, 2.45) is 0 Å². The normalized spacial score (nSPS) is 13.0. The number of furan rings is 1. The number of hydrogen-bond acceptors (Lipinski definition) is 2. The maximum atomic E-state index is 13.6. The van der Waals surface area contributed by atoms with Crippen LogP contribution in [-0.4, -0.2) is 15.4 Å². The molecule has 0 fully saturated rings. The molecule has 1 aromatic carbocycles. The van der Waals surface area contributed by atoms with Crippen LogP contribution in [0.25, 0.3) is 11.0 Å². The van der Waals surface area contributed by atoms with Gasteiger partial charge in [-0.05, 0) is 25.1 Å². The van der Waals surface area contributed by atoms with Crippen LogP contribution >= 0.6 is 23.2 Å². The first-order valence-corrected chi connectivity index (χ1v) is 7.48. The monoisotopic (exact) mass is 326 g/mol. The first-order chi connectivity index (χ1) is 10.1. The lowest BCUT2D eigenvalue weighted by atomic mass is 10.2. The van der Waals surface area contributed by atoms with Gasteiger partial charge in [0.15, 0.2) is 0 Å². The summed E-state index contributed by atoms with van der Waals surface area (Å²) in [5.74, 6) is 1.54. The zero-order valence-corrected chi connectivity index (χ0v) is 12.8. The lowest BCUT2D eigenvalue weighted by molar-refractivity contribution is 0.445. The summed E-state index contributed by atoms with van der Waals surface area (Å²) in [4.78, 5) is 4.47. The first-order valence-electron chi connectivity index (χ1n) is 6.57. The highest BCUT2D eigenvalue weighted by molar-refractivity contribution is 6.31. The molecule has 110 valence electrons. The molecular formula is C15H13Cl2FN2O. The quantitative estimate of drug-likeness (QED) is 0.644. The summed E-state index contributed by atoms with van der Waals surface area (Å²) in [6.07, 6.45) is 2.21. The third-order valence-corrected chi connectivity index (χ3v) is 3.94. The average molecular weight is 327 g/mol. The van der Waals surface area contributed by atoms with E-state index in [0.717, 1.165) is 17.1 Å². The lowest BCUT2D eigenvalue weighted by Gasteiger charge is -2.15. The van der Waals surface area contributed by atoms with E-state index in [1.807, 2.05) is 23.6 Å². The topological polar surface area (TPSA) is 31.0 Å². The van der Waals surface area contributed by atoms with Crippen LogP contribution in [0.4, 0.5) is 4.39 Å². The minimum absolute atomic E-state index is 0.0766. The second-order valence-electron chi connectivity index (χ2n) is 4.78. The molecule has 2 aromatic heterocycles. The molecule has 3 nitrogen and oxygen atoms in total. The van der Waals surface area contributed by atoms with Gasteiger partial charge in [0.05, 0.1) is 28.4 Å². The molecule has 0 aliphatic carbocycles. The molecule has 6 heteroatoms. The molecule has 0 spiro atoms. The number of rotatable bonds is 4. The van der Waals surface area contributed by atoms with Gasteiger partial charge in [-0.2, -0.15) is 0 Å². The molecule has 3 rings (SSSR count). The van der Waals surface area contributed by atoms with E-state index in [-0.39, 0.29) is 11.1 Å². The molecule has 1 atom stereocenters. The summed E-state index contributed by atoms with van der Waals surface area (Å²) in [7, 11) is 0. The Morgan fingerprint density at radius 1 is 1.43 bits per heavy atom. The molecule has 2 heterocycles. The Kier molecular flexibility index (Phi) is 3.91. The number of alkyl halides is 1. The maximum Gasteiger partial charge on any atom is 0.144 e. The molecule has 0 bridgehead atoms. The zero-order valence-electron chi connectivity index (χ0n) is 11.3. The summed E-state index contributed by atoms with van der Waals surface area (Å²) < 4.78 is 21.1. The summed E-state index contributed by atoms with van der Waals surface area (Å²) in [6.45, 7) is 1.99. The van der Waals surface area contributed by atoms with Gasteiger partial charge < -0.3 is 8.98 Å². The molecule has 3 aromatic rings. The number of aromatic nitrogens is 2. The Hall–Kier alpha value is -1.52. The molecule has 0 amide bonds. The van der Waals surface area contributed by atoms with Crippen LogP contribution in [0.15, 0.2) is 34.9 Å². The van der Waals surface area contributed by atoms with Gasteiger partial charge in [0, 0.05) is 18.4 Å². The van der Waals surface area contributed by atoms with Gasteiger partial charge in [-0.3, -0.25) is 0 Å². The third-order valence-electron chi connectivity index (χ3n) is 3.46. The zero-order chi connectivity index (χ0) is 15.0. The molecule has 0 radical (unpaired) electrons. The fourth-order valence-electron chi connectivity index (χ4n) is 2.49. The number of nitrogens with zero attached hydrogens (tertiary/aromatic N) is 2. The van der Waals surface area contributed by atoms with E-state index in [2.05, 4.69) is 4.98 Å². The Morgan fingerprint density at radius 3 is 2.90 bits per heavy atom. The number of halogens is 3. The standard InChI is InChI=1S/C15H13Cl2FN2O/c1-9(14-3-2-6-21-14)20-13-7-10(17)11(18)8-12(13)19-15(20)4-5-16/h2-3,6-9H,4-5H2,1H3. The summed E-state index contributed by atoms with van der Waals surface area (Å²) in [5, 5.41) is 0.0766. The summed E-state index contributed by atoms with van der Waals surface area (Å²) in [5.41, 5.74) is 1.33. The SMILES string of the molecule is CC(c1ccco1)n1c(CCCl)nc2cc(F)c(Cl)cc21. The predicted octanol–water partition coefficient (Wildman–Crippen LogP) is 4.81. The molecule has 0 aliphatic rings. The molecule has 1 unspecified atom stereocenters. The van der Waals surface area contributed by atoms with Crippen molar-refractivity contribution < 1.29 is 8.81 Å². The Bertz CT molecular complexity index is 768. The highest BCUT2D eigenvalue weighted by Gasteiger charge is 2.20. The van der Waals surface area contributed by atoms with Gasteiger partial charge in [0.2, 0.25) is 0 Å². The van der Waals surface area contributed by atoms with E-state index in [1.54, 1.807) is 12.3 Å². The Balaban J connectivity index is 2.22. The minimum Gasteiger partial charge on any atom is -0.467 e.